The van der Waals surface area contributed by atoms with E-state index < -0.39 is 11.8 Å². The Balaban J connectivity index is 1.25. The van der Waals surface area contributed by atoms with E-state index in [0.717, 1.165) is 37.8 Å². The number of halogens is 2. The van der Waals surface area contributed by atoms with E-state index in [1.807, 2.05) is 30.3 Å². The van der Waals surface area contributed by atoms with Gasteiger partial charge in [0.25, 0.3) is 0 Å². The van der Waals surface area contributed by atoms with Crippen molar-refractivity contribution < 1.29 is 8.78 Å². The first-order valence-electron chi connectivity index (χ1n) is 12.9. The molecule has 1 unspecified atom stereocenters. The Kier molecular flexibility index (Phi) is 5.95. The molecule has 1 aliphatic carbocycles. The Morgan fingerprint density at radius 2 is 1.73 bits per heavy atom. The van der Waals surface area contributed by atoms with Crippen molar-refractivity contribution in [2.75, 3.05) is 36.8 Å². The second-order valence-electron chi connectivity index (χ2n) is 10.3. The van der Waals surface area contributed by atoms with Crippen LogP contribution < -0.4 is 16.0 Å². The number of anilines is 2. The van der Waals surface area contributed by atoms with Gasteiger partial charge in [0.2, 0.25) is 5.95 Å². The maximum absolute atomic E-state index is 15.0. The second kappa shape index (κ2) is 9.30. The number of nitrogens with one attached hydrogen (secondary N) is 1. The molecule has 1 aromatic heterocycles. The summed E-state index contributed by atoms with van der Waals surface area (Å²) in [7, 11) is 0. The lowest BCUT2D eigenvalue weighted by atomic mass is 9.94. The van der Waals surface area contributed by atoms with Gasteiger partial charge in [-0.15, -0.1) is 0 Å². The topological polar surface area (TPSA) is 57.4 Å². The van der Waals surface area contributed by atoms with Crippen molar-refractivity contribution in [1.29, 1.82) is 0 Å². The van der Waals surface area contributed by atoms with Crippen LogP contribution >= 0.6 is 0 Å². The molecule has 6 rings (SSSR count). The third-order valence-electron chi connectivity index (χ3n) is 8.00. The highest BCUT2D eigenvalue weighted by Crippen LogP contribution is 2.37. The molecule has 0 spiro atoms. The third kappa shape index (κ3) is 4.48. The number of fused-ring (bicyclic) bond motifs is 1. The van der Waals surface area contributed by atoms with Crippen molar-refractivity contribution in [1.82, 2.24) is 15.2 Å². The molecule has 1 saturated heterocycles. The van der Waals surface area contributed by atoms with Gasteiger partial charge in [-0.3, -0.25) is 4.90 Å². The number of nitrogen functional groups attached to an aromatic ring is 1. The molecule has 3 aliphatic rings. The fourth-order valence-corrected chi connectivity index (χ4v) is 5.59. The lowest BCUT2D eigenvalue weighted by molar-refractivity contribution is 0.179. The summed E-state index contributed by atoms with van der Waals surface area (Å²) in [5, 5.41) is 2.92. The van der Waals surface area contributed by atoms with Crippen molar-refractivity contribution in [2.24, 2.45) is 5.92 Å². The Morgan fingerprint density at radius 3 is 2.43 bits per heavy atom. The van der Waals surface area contributed by atoms with E-state index in [1.54, 1.807) is 18.3 Å². The minimum absolute atomic E-state index is 0.0206. The van der Waals surface area contributed by atoms with Gasteiger partial charge in [0, 0.05) is 66.5 Å². The smallest absolute Gasteiger partial charge is 0.222 e. The number of nitrogens with two attached hydrogens (primary N) is 1. The molecule has 190 valence electrons. The van der Waals surface area contributed by atoms with Gasteiger partial charge in [-0.25, -0.2) is 9.37 Å². The van der Waals surface area contributed by atoms with Crippen molar-refractivity contribution in [2.45, 2.75) is 25.8 Å². The average Bonchev–Trinajstić information content (AvgIpc) is 3.74. The van der Waals surface area contributed by atoms with Crippen LogP contribution in [0.25, 0.3) is 34.0 Å². The SMILES string of the molecule is C=C1NC=Cc2cc(-c3cc(-c4ccc(N5CCN(C(C)C6CC6)CC5)cc4)c(F)nc3N)cc(F)c21. The van der Waals surface area contributed by atoms with E-state index in [4.69, 9.17) is 5.73 Å². The first-order valence-corrected chi connectivity index (χ1v) is 12.9. The van der Waals surface area contributed by atoms with Crippen LogP contribution in [0.4, 0.5) is 20.3 Å². The van der Waals surface area contributed by atoms with Crippen LogP contribution in [0.3, 0.4) is 0 Å². The summed E-state index contributed by atoms with van der Waals surface area (Å²) >= 11 is 0. The molecule has 2 aliphatic heterocycles. The number of pyridine rings is 1. The van der Waals surface area contributed by atoms with Crippen LogP contribution in [0, 0.1) is 17.7 Å². The van der Waals surface area contributed by atoms with Gasteiger partial charge >= 0.3 is 0 Å². The van der Waals surface area contributed by atoms with Crippen molar-refractivity contribution >= 4 is 23.3 Å². The molecular formula is C30H31F2N5. The monoisotopic (exact) mass is 499 g/mol. The summed E-state index contributed by atoms with van der Waals surface area (Å²) < 4.78 is 29.9. The standard InChI is InChI=1S/C30H31F2N5/c1-18-28-22(9-10-34-18)15-23(16-27(28)31)26-17-25(29(32)35-30(26)33)21-5-7-24(8-6-21)37-13-11-36(12-14-37)19(2)20-3-4-20/h5-10,15-17,19-20,34H,1,3-4,11-14H2,2H3,(H2,33,35). The molecule has 3 heterocycles. The highest BCUT2D eigenvalue weighted by molar-refractivity contribution is 5.85. The number of rotatable bonds is 5. The number of hydrogen-bond acceptors (Lipinski definition) is 5. The Morgan fingerprint density at radius 1 is 1.00 bits per heavy atom. The molecule has 1 saturated carbocycles. The van der Waals surface area contributed by atoms with Gasteiger partial charge in [0.15, 0.2) is 0 Å². The fraction of sp³-hybridized carbons (Fsp3) is 0.300. The number of nitrogens with zero attached hydrogens (tertiary/aromatic N) is 3. The summed E-state index contributed by atoms with van der Waals surface area (Å²) in [6.07, 6.45) is 6.22. The first kappa shape index (κ1) is 23.7. The summed E-state index contributed by atoms with van der Waals surface area (Å²) in [6.45, 7) is 10.3. The lowest BCUT2D eigenvalue weighted by Crippen LogP contribution is -2.50. The van der Waals surface area contributed by atoms with E-state index >= 15 is 0 Å². The zero-order valence-electron chi connectivity index (χ0n) is 21.0. The molecule has 1 atom stereocenters. The molecule has 3 N–H and O–H groups in total. The van der Waals surface area contributed by atoms with Crippen molar-refractivity contribution in [3.05, 3.63) is 78.1 Å². The van der Waals surface area contributed by atoms with Gasteiger partial charge in [0.1, 0.15) is 11.6 Å². The largest absolute Gasteiger partial charge is 0.383 e. The number of hydrogen-bond donors (Lipinski definition) is 2. The fourth-order valence-electron chi connectivity index (χ4n) is 5.59. The number of benzene rings is 2. The predicted octanol–water partition coefficient (Wildman–Crippen LogP) is 5.74. The van der Waals surface area contributed by atoms with E-state index in [2.05, 4.69) is 33.6 Å². The first-order chi connectivity index (χ1) is 17.9. The summed E-state index contributed by atoms with van der Waals surface area (Å²) in [4.78, 5) is 8.95. The normalized spacial score (nSPS) is 18.5. The van der Waals surface area contributed by atoms with Crippen LogP contribution in [0.1, 0.15) is 30.9 Å². The maximum Gasteiger partial charge on any atom is 0.222 e. The number of aromatic nitrogens is 1. The molecule has 3 aromatic rings. The van der Waals surface area contributed by atoms with E-state index in [0.29, 0.717) is 45.1 Å². The van der Waals surface area contributed by atoms with Crippen LogP contribution in [0.15, 0.2) is 55.2 Å². The Hall–Kier alpha value is -3.71. The highest BCUT2D eigenvalue weighted by Gasteiger charge is 2.33. The molecule has 0 bridgehead atoms. The Labute approximate surface area is 216 Å². The molecular weight excluding hydrogens is 468 g/mol. The van der Waals surface area contributed by atoms with Crippen molar-refractivity contribution in [3.63, 3.8) is 0 Å². The maximum atomic E-state index is 15.0. The summed E-state index contributed by atoms with van der Waals surface area (Å²) in [6, 6.07) is 13.5. The molecule has 0 amide bonds. The third-order valence-corrected chi connectivity index (χ3v) is 8.00. The predicted molar refractivity (Wildman–Crippen MR) is 147 cm³/mol. The van der Waals surface area contributed by atoms with Crippen LogP contribution in [0.5, 0.6) is 0 Å². The number of piperazine rings is 1. The zero-order valence-corrected chi connectivity index (χ0v) is 21.0. The summed E-state index contributed by atoms with van der Waals surface area (Å²) in [5.41, 5.74) is 10.9. The molecule has 2 aromatic carbocycles. The van der Waals surface area contributed by atoms with E-state index in [-0.39, 0.29) is 5.82 Å². The van der Waals surface area contributed by atoms with Gasteiger partial charge in [0.05, 0.1) is 0 Å². The van der Waals surface area contributed by atoms with Gasteiger partial charge in [-0.2, -0.15) is 4.39 Å². The molecule has 0 radical (unpaired) electrons. The lowest BCUT2D eigenvalue weighted by Gasteiger charge is -2.39. The van der Waals surface area contributed by atoms with Gasteiger partial charge in [-0.1, -0.05) is 18.7 Å². The minimum Gasteiger partial charge on any atom is -0.383 e. The zero-order chi connectivity index (χ0) is 25.7. The van der Waals surface area contributed by atoms with Crippen LogP contribution in [-0.4, -0.2) is 42.1 Å². The van der Waals surface area contributed by atoms with Crippen molar-refractivity contribution in [3.8, 4) is 22.3 Å². The molecule has 5 nitrogen and oxygen atoms in total. The van der Waals surface area contributed by atoms with Gasteiger partial charge < -0.3 is 16.0 Å². The van der Waals surface area contributed by atoms with Crippen LogP contribution in [0.2, 0.25) is 0 Å². The average molecular weight is 500 g/mol. The summed E-state index contributed by atoms with van der Waals surface area (Å²) in [5.74, 6) is -0.166. The Bertz CT molecular complexity index is 1390. The van der Waals surface area contributed by atoms with E-state index in [9.17, 15) is 8.78 Å². The minimum atomic E-state index is -0.646. The van der Waals surface area contributed by atoms with E-state index in [1.165, 1.54) is 18.9 Å². The molecule has 2 fully saturated rings. The quantitative estimate of drug-likeness (QED) is 0.439. The van der Waals surface area contributed by atoms with Gasteiger partial charge in [-0.05, 0) is 78.8 Å². The highest BCUT2D eigenvalue weighted by atomic mass is 19.1. The van der Waals surface area contributed by atoms with Crippen LogP contribution in [-0.2, 0) is 0 Å². The second-order valence-corrected chi connectivity index (χ2v) is 10.3. The molecule has 37 heavy (non-hydrogen) atoms. The molecule has 7 heteroatoms.